The number of benzene rings is 1. The molecule has 0 spiro atoms. The molecule has 28 heavy (non-hydrogen) atoms. The zero-order chi connectivity index (χ0) is 20.5. The number of aromatic amines is 1. The predicted octanol–water partition coefficient (Wildman–Crippen LogP) is 3.90. The normalized spacial score (nSPS) is 11.6. The smallest absolute Gasteiger partial charge is 0.351 e. The van der Waals surface area contributed by atoms with E-state index in [1.54, 1.807) is 18.5 Å². The first-order chi connectivity index (χ1) is 13.2. The van der Waals surface area contributed by atoms with E-state index in [2.05, 4.69) is 20.5 Å². The lowest BCUT2D eigenvalue weighted by Crippen LogP contribution is -2.26. The minimum absolute atomic E-state index is 0.287. The van der Waals surface area contributed by atoms with Gasteiger partial charge in [-0.1, -0.05) is 12.1 Å². The Kier molecular flexibility index (Phi) is 5.66. The summed E-state index contributed by atoms with van der Waals surface area (Å²) in [5, 5.41) is 10.0. The van der Waals surface area contributed by atoms with Crippen LogP contribution < -0.4 is 5.32 Å². The summed E-state index contributed by atoms with van der Waals surface area (Å²) < 4.78 is 40.3. The molecule has 0 atom stereocenters. The van der Waals surface area contributed by atoms with Gasteiger partial charge in [0.2, 0.25) is 0 Å². The van der Waals surface area contributed by atoms with E-state index in [4.69, 9.17) is 12.2 Å². The van der Waals surface area contributed by atoms with Crippen molar-refractivity contribution in [3.63, 3.8) is 0 Å². The molecule has 2 aromatic heterocycles. The number of rotatable bonds is 5. The molecule has 0 bridgehead atoms. The maximum atomic E-state index is 12.7. The van der Waals surface area contributed by atoms with Crippen molar-refractivity contribution in [1.29, 1.82) is 0 Å². The van der Waals surface area contributed by atoms with Crippen molar-refractivity contribution in [2.75, 3.05) is 6.54 Å². The summed E-state index contributed by atoms with van der Waals surface area (Å²) in [6.07, 6.45) is -3.89. The summed E-state index contributed by atoms with van der Waals surface area (Å²) in [6.45, 7) is 2.05. The second-order valence-electron chi connectivity index (χ2n) is 6.02. The molecule has 0 aliphatic heterocycles. The number of nitrogens with zero attached hydrogens (tertiary/aromatic N) is 3. The van der Waals surface area contributed by atoms with Crippen molar-refractivity contribution in [1.82, 2.24) is 25.1 Å². The first-order valence-corrected chi connectivity index (χ1v) is 9.43. The molecule has 0 unspecified atom stereocenters. The van der Waals surface area contributed by atoms with Gasteiger partial charge in [-0.05, 0) is 31.3 Å². The van der Waals surface area contributed by atoms with E-state index < -0.39 is 11.7 Å². The van der Waals surface area contributed by atoms with Crippen molar-refractivity contribution in [3.8, 4) is 10.6 Å². The number of aromatic nitrogens is 4. The number of hydrogen-bond donors (Lipinski definition) is 2. The Bertz CT molecular complexity index is 1050. The van der Waals surface area contributed by atoms with E-state index in [9.17, 15) is 18.0 Å². The molecule has 3 rings (SSSR count). The lowest BCUT2D eigenvalue weighted by Gasteiger charge is -2.06. The summed E-state index contributed by atoms with van der Waals surface area (Å²) in [5.41, 5.74) is 0.327. The summed E-state index contributed by atoms with van der Waals surface area (Å²) in [7, 11) is 1.78. The molecule has 0 saturated heterocycles. The van der Waals surface area contributed by atoms with Gasteiger partial charge in [0.15, 0.2) is 4.77 Å². The van der Waals surface area contributed by atoms with Gasteiger partial charge in [-0.25, -0.2) is 4.98 Å². The molecule has 0 radical (unpaired) electrons. The number of nitrogens with one attached hydrogen (secondary N) is 2. The Morgan fingerprint density at radius 1 is 1.32 bits per heavy atom. The van der Waals surface area contributed by atoms with E-state index in [0.29, 0.717) is 38.9 Å². The summed E-state index contributed by atoms with van der Waals surface area (Å²) in [5.74, 6) is 0.432. The fourth-order valence-corrected chi connectivity index (χ4v) is 3.64. The van der Waals surface area contributed by atoms with Crippen molar-refractivity contribution < 1.29 is 18.0 Å². The van der Waals surface area contributed by atoms with E-state index in [0.717, 1.165) is 29.3 Å². The molecule has 1 aromatic carbocycles. The Balaban J connectivity index is 1.68. The van der Waals surface area contributed by atoms with Gasteiger partial charge in [-0.15, -0.1) is 11.3 Å². The van der Waals surface area contributed by atoms with Gasteiger partial charge in [0, 0.05) is 25.6 Å². The molecule has 11 heteroatoms. The second-order valence-corrected chi connectivity index (χ2v) is 7.40. The molecule has 0 saturated carbocycles. The minimum atomic E-state index is -4.39. The quantitative estimate of drug-likeness (QED) is 0.606. The SMILES string of the molecule is Cc1nc(-c2ccc(C(F)(F)F)cc2)sc1C(=O)NCCc1n[nH]c(=S)n1C. The Hall–Kier alpha value is -2.53. The zero-order valence-corrected chi connectivity index (χ0v) is 16.6. The first kappa shape index (κ1) is 20.2. The number of amides is 1. The van der Waals surface area contributed by atoms with Crippen LogP contribution in [0.3, 0.4) is 0 Å². The lowest BCUT2D eigenvalue weighted by molar-refractivity contribution is -0.137. The van der Waals surface area contributed by atoms with Crippen LogP contribution >= 0.6 is 23.6 Å². The molecule has 0 aliphatic rings. The fourth-order valence-electron chi connectivity index (χ4n) is 2.50. The maximum absolute atomic E-state index is 12.7. The van der Waals surface area contributed by atoms with E-state index >= 15 is 0 Å². The highest BCUT2D eigenvalue weighted by atomic mass is 32.1. The maximum Gasteiger partial charge on any atom is 0.416 e. The molecule has 2 N–H and O–H groups in total. The largest absolute Gasteiger partial charge is 0.416 e. The number of thiazole rings is 1. The average molecular weight is 427 g/mol. The van der Waals surface area contributed by atoms with Gasteiger partial charge in [0.1, 0.15) is 15.7 Å². The Labute approximate surface area is 167 Å². The van der Waals surface area contributed by atoms with Crippen molar-refractivity contribution in [2.24, 2.45) is 7.05 Å². The van der Waals surface area contributed by atoms with Crippen molar-refractivity contribution >= 4 is 29.5 Å². The van der Waals surface area contributed by atoms with Gasteiger partial charge in [-0.2, -0.15) is 18.3 Å². The van der Waals surface area contributed by atoms with Crippen LogP contribution in [-0.2, 0) is 19.6 Å². The molecule has 0 aliphatic carbocycles. The van der Waals surface area contributed by atoms with E-state index in [1.807, 2.05) is 0 Å². The zero-order valence-electron chi connectivity index (χ0n) is 14.9. The number of carbonyl (C=O) groups is 1. The van der Waals surface area contributed by atoms with E-state index in [-0.39, 0.29) is 5.91 Å². The van der Waals surface area contributed by atoms with Gasteiger partial charge >= 0.3 is 6.18 Å². The Morgan fingerprint density at radius 3 is 2.57 bits per heavy atom. The lowest BCUT2D eigenvalue weighted by atomic mass is 10.1. The highest BCUT2D eigenvalue weighted by Gasteiger charge is 2.30. The number of alkyl halides is 3. The first-order valence-electron chi connectivity index (χ1n) is 8.20. The molecule has 6 nitrogen and oxygen atoms in total. The Morgan fingerprint density at radius 2 is 2.00 bits per heavy atom. The number of halogens is 3. The summed E-state index contributed by atoms with van der Waals surface area (Å²) in [6, 6.07) is 4.71. The average Bonchev–Trinajstić information content (AvgIpc) is 3.18. The third kappa shape index (κ3) is 4.30. The van der Waals surface area contributed by atoms with Crippen LogP contribution in [-0.4, -0.2) is 32.2 Å². The topological polar surface area (TPSA) is 75.6 Å². The number of H-pyrrole nitrogens is 1. The minimum Gasteiger partial charge on any atom is -0.351 e. The van der Waals surface area contributed by atoms with Crippen LogP contribution in [0.5, 0.6) is 0 Å². The van der Waals surface area contributed by atoms with Crippen LogP contribution in [0.25, 0.3) is 10.6 Å². The molecule has 0 fully saturated rings. The van der Waals surface area contributed by atoms with Gasteiger partial charge in [0.25, 0.3) is 5.91 Å². The third-order valence-corrected chi connectivity index (χ3v) is 5.64. The standard InChI is InChI=1S/C17H16F3N5OS2/c1-9-13(14(26)21-8-7-12-23-24-16(27)25(12)2)28-15(22-9)10-3-5-11(6-4-10)17(18,19)20/h3-6H,7-8H2,1-2H3,(H,21,26)(H,24,27). The second kappa shape index (κ2) is 7.84. The molecular weight excluding hydrogens is 411 g/mol. The number of aryl methyl sites for hydroxylation is 1. The van der Waals surface area contributed by atoms with E-state index in [1.165, 1.54) is 12.1 Å². The number of hydrogen-bond acceptors (Lipinski definition) is 5. The molecular formula is C17H16F3N5OS2. The van der Waals surface area contributed by atoms with Crippen LogP contribution in [0.2, 0.25) is 0 Å². The van der Waals surface area contributed by atoms with Crippen molar-refractivity contribution in [3.05, 3.63) is 51.0 Å². The van der Waals surface area contributed by atoms with Crippen LogP contribution in [0, 0.1) is 11.7 Å². The highest BCUT2D eigenvalue weighted by Crippen LogP contribution is 2.32. The molecule has 3 aromatic rings. The van der Waals surface area contributed by atoms with Gasteiger partial charge in [0.05, 0.1) is 11.3 Å². The van der Waals surface area contributed by atoms with Crippen LogP contribution in [0.15, 0.2) is 24.3 Å². The number of carbonyl (C=O) groups excluding carboxylic acids is 1. The van der Waals surface area contributed by atoms with Crippen molar-refractivity contribution in [2.45, 2.75) is 19.5 Å². The highest BCUT2D eigenvalue weighted by molar-refractivity contribution is 7.71. The fraction of sp³-hybridized carbons (Fsp3) is 0.294. The van der Waals surface area contributed by atoms with Gasteiger partial charge < -0.3 is 9.88 Å². The summed E-state index contributed by atoms with van der Waals surface area (Å²) in [4.78, 5) is 17.2. The predicted molar refractivity (Wildman–Crippen MR) is 102 cm³/mol. The molecule has 1 amide bonds. The van der Waals surface area contributed by atoms with Crippen LogP contribution in [0.1, 0.15) is 26.8 Å². The monoisotopic (exact) mass is 427 g/mol. The van der Waals surface area contributed by atoms with Gasteiger partial charge in [-0.3, -0.25) is 9.89 Å². The third-order valence-electron chi connectivity index (χ3n) is 4.07. The summed E-state index contributed by atoms with van der Waals surface area (Å²) >= 11 is 6.18. The molecule has 2 heterocycles. The van der Waals surface area contributed by atoms with Crippen LogP contribution in [0.4, 0.5) is 13.2 Å². The molecule has 148 valence electrons.